The number of nitrogens with two attached hydrogens (primary N) is 1. The average Bonchev–Trinajstić information content (AvgIpc) is 2.02. The molecule has 70 valence electrons. The van der Waals surface area contributed by atoms with Gasteiger partial charge in [0, 0.05) is 6.04 Å². The van der Waals surface area contributed by atoms with Gasteiger partial charge in [0.15, 0.2) is 0 Å². The van der Waals surface area contributed by atoms with Crippen molar-refractivity contribution in [2.75, 3.05) is 0 Å². The Morgan fingerprint density at radius 3 is 2.54 bits per heavy atom. The topological polar surface area (TPSA) is 26.0 Å². The molecule has 1 rings (SSSR count). The maximum Gasteiger partial charge on any atom is 0.0198 e. The van der Waals surface area contributed by atoms with Crippen molar-refractivity contribution in [3.8, 4) is 0 Å². The van der Waals surface area contributed by atoms with Gasteiger partial charge in [-0.1, -0.05) is 35.9 Å². The molecule has 0 aromatic heterocycles. The summed E-state index contributed by atoms with van der Waals surface area (Å²) < 4.78 is 0. The van der Waals surface area contributed by atoms with Crippen LogP contribution < -0.4 is 5.73 Å². The minimum atomic E-state index is 0.126. The summed E-state index contributed by atoms with van der Waals surface area (Å²) in [6, 6.07) is 6.55. The van der Waals surface area contributed by atoms with Crippen molar-refractivity contribution in [2.45, 2.75) is 26.8 Å². The Hall–Kier alpha value is -1.08. The predicted octanol–water partition coefficient (Wildman–Crippen LogP) is 2.66. The number of benzene rings is 1. The maximum absolute atomic E-state index is 5.63. The monoisotopic (exact) mass is 175 g/mol. The lowest BCUT2D eigenvalue weighted by Gasteiger charge is -2.02. The second-order valence-corrected chi connectivity index (χ2v) is 3.58. The van der Waals surface area contributed by atoms with E-state index in [0.29, 0.717) is 0 Å². The van der Waals surface area contributed by atoms with Gasteiger partial charge < -0.3 is 5.73 Å². The molecular weight excluding hydrogens is 158 g/mol. The third-order valence-electron chi connectivity index (χ3n) is 2.00. The van der Waals surface area contributed by atoms with Crippen LogP contribution in [0.4, 0.5) is 0 Å². The van der Waals surface area contributed by atoms with Crippen molar-refractivity contribution in [1.29, 1.82) is 0 Å². The Bertz CT molecular complexity index is 311. The predicted molar refractivity (Wildman–Crippen MR) is 58.6 cm³/mol. The van der Waals surface area contributed by atoms with Crippen molar-refractivity contribution in [1.82, 2.24) is 0 Å². The molecule has 1 nitrogen and oxygen atoms in total. The second kappa shape index (κ2) is 4.24. The molecule has 1 heteroatoms. The molecule has 1 atom stereocenters. The molecule has 1 unspecified atom stereocenters. The summed E-state index contributed by atoms with van der Waals surface area (Å²) in [7, 11) is 0. The van der Waals surface area contributed by atoms with Crippen LogP contribution in [0.15, 0.2) is 24.3 Å². The van der Waals surface area contributed by atoms with Crippen molar-refractivity contribution in [3.63, 3.8) is 0 Å². The van der Waals surface area contributed by atoms with Gasteiger partial charge in [-0.2, -0.15) is 0 Å². The SMILES string of the molecule is Cc1ccc(/C=C/C(C)N)c(C)c1. The first-order chi connectivity index (χ1) is 6.09. The fourth-order valence-corrected chi connectivity index (χ4v) is 1.27. The van der Waals surface area contributed by atoms with E-state index in [-0.39, 0.29) is 6.04 Å². The van der Waals surface area contributed by atoms with E-state index in [0.717, 1.165) is 0 Å². The molecule has 1 aromatic carbocycles. The Morgan fingerprint density at radius 1 is 1.31 bits per heavy atom. The van der Waals surface area contributed by atoms with Crippen LogP contribution in [-0.2, 0) is 0 Å². The minimum Gasteiger partial charge on any atom is -0.325 e. The molecule has 0 heterocycles. The third-order valence-corrected chi connectivity index (χ3v) is 2.00. The van der Waals surface area contributed by atoms with Gasteiger partial charge in [-0.3, -0.25) is 0 Å². The fourth-order valence-electron chi connectivity index (χ4n) is 1.27. The third kappa shape index (κ3) is 3.03. The molecular formula is C12H17N. The van der Waals surface area contributed by atoms with Crippen LogP contribution in [0.2, 0.25) is 0 Å². The van der Waals surface area contributed by atoms with Crippen LogP contribution >= 0.6 is 0 Å². The summed E-state index contributed by atoms with van der Waals surface area (Å²) in [4.78, 5) is 0. The highest BCUT2D eigenvalue weighted by Gasteiger charge is 1.94. The van der Waals surface area contributed by atoms with Gasteiger partial charge in [-0.05, 0) is 31.9 Å². The van der Waals surface area contributed by atoms with Gasteiger partial charge in [-0.25, -0.2) is 0 Å². The number of hydrogen-bond donors (Lipinski definition) is 1. The lowest BCUT2D eigenvalue weighted by Crippen LogP contribution is -2.09. The molecule has 0 spiro atoms. The Labute approximate surface area is 80.3 Å². The van der Waals surface area contributed by atoms with E-state index in [4.69, 9.17) is 5.73 Å². The minimum absolute atomic E-state index is 0.126. The molecule has 0 saturated heterocycles. The Balaban J connectivity index is 2.90. The van der Waals surface area contributed by atoms with Crippen LogP contribution in [-0.4, -0.2) is 6.04 Å². The first-order valence-corrected chi connectivity index (χ1v) is 4.60. The first-order valence-electron chi connectivity index (χ1n) is 4.60. The number of rotatable bonds is 2. The molecule has 13 heavy (non-hydrogen) atoms. The van der Waals surface area contributed by atoms with E-state index in [1.54, 1.807) is 0 Å². The lowest BCUT2D eigenvalue weighted by molar-refractivity contribution is 0.930. The summed E-state index contributed by atoms with van der Waals surface area (Å²) in [6.07, 6.45) is 4.09. The van der Waals surface area contributed by atoms with Gasteiger partial charge in [0.2, 0.25) is 0 Å². The highest BCUT2D eigenvalue weighted by Crippen LogP contribution is 2.12. The first kappa shape index (κ1) is 10.0. The normalized spacial score (nSPS) is 13.5. The van der Waals surface area contributed by atoms with Crippen molar-refractivity contribution in [2.24, 2.45) is 5.73 Å². The molecule has 0 amide bonds. The Morgan fingerprint density at radius 2 is 2.00 bits per heavy atom. The van der Waals surface area contributed by atoms with E-state index in [1.807, 2.05) is 13.0 Å². The van der Waals surface area contributed by atoms with Crippen LogP contribution in [0.5, 0.6) is 0 Å². The van der Waals surface area contributed by atoms with E-state index < -0.39 is 0 Å². The summed E-state index contributed by atoms with van der Waals surface area (Å²) in [5.41, 5.74) is 9.49. The molecule has 2 N–H and O–H groups in total. The van der Waals surface area contributed by atoms with E-state index >= 15 is 0 Å². The highest BCUT2D eigenvalue weighted by atomic mass is 14.6. The molecule has 0 aliphatic carbocycles. The summed E-state index contributed by atoms with van der Waals surface area (Å²) in [5, 5.41) is 0. The molecule has 0 bridgehead atoms. The van der Waals surface area contributed by atoms with Crippen LogP contribution in [0, 0.1) is 13.8 Å². The van der Waals surface area contributed by atoms with E-state index in [1.165, 1.54) is 16.7 Å². The standard InChI is InChI=1S/C12H17N/c1-9-4-6-12(10(2)8-9)7-5-11(3)13/h4-8,11H,13H2,1-3H3/b7-5+. The number of hydrogen-bond acceptors (Lipinski definition) is 1. The molecule has 0 radical (unpaired) electrons. The fraction of sp³-hybridized carbons (Fsp3) is 0.333. The van der Waals surface area contributed by atoms with E-state index in [2.05, 4.69) is 38.1 Å². The van der Waals surface area contributed by atoms with Gasteiger partial charge in [-0.15, -0.1) is 0 Å². The number of aryl methyl sites for hydroxylation is 2. The van der Waals surface area contributed by atoms with Crippen LogP contribution in [0.1, 0.15) is 23.6 Å². The molecule has 0 saturated carbocycles. The Kier molecular flexibility index (Phi) is 3.26. The van der Waals surface area contributed by atoms with Crippen LogP contribution in [0.3, 0.4) is 0 Å². The molecule has 0 aliphatic rings. The van der Waals surface area contributed by atoms with Crippen LogP contribution in [0.25, 0.3) is 6.08 Å². The zero-order chi connectivity index (χ0) is 9.84. The van der Waals surface area contributed by atoms with Gasteiger partial charge in [0.25, 0.3) is 0 Å². The summed E-state index contributed by atoms with van der Waals surface area (Å²) in [5.74, 6) is 0. The highest BCUT2D eigenvalue weighted by molar-refractivity contribution is 5.54. The maximum atomic E-state index is 5.63. The zero-order valence-electron chi connectivity index (χ0n) is 8.54. The molecule has 0 aliphatic heterocycles. The zero-order valence-corrected chi connectivity index (χ0v) is 8.54. The summed E-state index contributed by atoms with van der Waals surface area (Å²) >= 11 is 0. The average molecular weight is 175 g/mol. The van der Waals surface area contributed by atoms with Gasteiger partial charge in [0.1, 0.15) is 0 Å². The molecule has 1 aromatic rings. The van der Waals surface area contributed by atoms with Crippen molar-refractivity contribution < 1.29 is 0 Å². The molecule has 0 fully saturated rings. The quantitative estimate of drug-likeness (QED) is 0.734. The van der Waals surface area contributed by atoms with Gasteiger partial charge >= 0.3 is 0 Å². The largest absolute Gasteiger partial charge is 0.325 e. The summed E-state index contributed by atoms with van der Waals surface area (Å²) in [6.45, 7) is 6.19. The second-order valence-electron chi connectivity index (χ2n) is 3.58. The van der Waals surface area contributed by atoms with Crippen molar-refractivity contribution >= 4 is 6.08 Å². The van der Waals surface area contributed by atoms with Crippen molar-refractivity contribution in [3.05, 3.63) is 41.0 Å². The van der Waals surface area contributed by atoms with E-state index in [9.17, 15) is 0 Å². The smallest absolute Gasteiger partial charge is 0.0198 e. The van der Waals surface area contributed by atoms with Gasteiger partial charge in [0.05, 0.1) is 0 Å². The lowest BCUT2D eigenvalue weighted by atomic mass is 10.0.